The zero-order valence-electron chi connectivity index (χ0n) is 18.2. The summed E-state index contributed by atoms with van der Waals surface area (Å²) < 4.78 is 12.2. The molecule has 2 aromatic heterocycles. The number of hydrogen-bond donors (Lipinski definition) is 5. The van der Waals surface area contributed by atoms with Gasteiger partial charge in [-0.1, -0.05) is 17.4 Å². The highest BCUT2D eigenvalue weighted by Gasteiger charge is 2.48. The molecule has 4 rings (SSSR count). The summed E-state index contributed by atoms with van der Waals surface area (Å²) in [6.45, 7) is 3.69. The third-order valence-corrected chi connectivity index (χ3v) is 6.94. The fourth-order valence-electron chi connectivity index (χ4n) is 3.95. The van der Waals surface area contributed by atoms with Gasteiger partial charge in [0.25, 0.3) is 0 Å². The van der Waals surface area contributed by atoms with Crippen molar-refractivity contribution in [1.82, 2.24) is 9.97 Å². The summed E-state index contributed by atoms with van der Waals surface area (Å²) >= 11 is 1.44. The van der Waals surface area contributed by atoms with Crippen LogP contribution in [0.2, 0.25) is 0 Å². The smallest absolute Gasteiger partial charge is 0.335 e. The number of ether oxygens (including phenoxy) is 2. The Morgan fingerprint density at radius 2 is 1.97 bits per heavy atom. The van der Waals surface area contributed by atoms with Crippen LogP contribution in [0.1, 0.15) is 22.3 Å². The zero-order chi connectivity index (χ0) is 23.9. The van der Waals surface area contributed by atoms with Crippen molar-refractivity contribution in [3.63, 3.8) is 0 Å². The van der Waals surface area contributed by atoms with Gasteiger partial charge in [-0.3, -0.25) is 4.98 Å². The predicted molar refractivity (Wildman–Crippen MR) is 121 cm³/mol. The van der Waals surface area contributed by atoms with E-state index in [1.165, 1.54) is 11.3 Å². The van der Waals surface area contributed by atoms with Gasteiger partial charge in [-0.05, 0) is 36.6 Å². The van der Waals surface area contributed by atoms with Gasteiger partial charge in [-0.15, -0.1) is 0 Å². The van der Waals surface area contributed by atoms with Gasteiger partial charge >= 0.3 is 5.97 Å². The molecule has 5 N–H and O–H groups in total. The minimum absolute atomic E-state index is 0.393. The molecular weight excluding hydrogens is 450 g/mol. The van der Waals surface area contributed by atoms with Gasteiger partial charge in [0, 0.05) is 31.4 Å². The minimum Gasteiger partial charge on any atom is -0.479 e. The van der Waals surface area contributed by atoms with Gasteiger partial charge in [-0.2, -0.15) is 0 Å². The van der Waals surface area contributed by atoms with Crippen LogP contribution in [0.15, 0.2) is 24.5 Å². The molecule has 5 atom stereocenters. The molecule has 0 radical (unpaired) electrons. The number of thiazole rings is 1. The average Bonchev–Trinajstić information content (AvgIpc) is 3.24. The summed E-state index contributed by atoms with van der Waals surface area (Å²) in [7, 11) is 1.78. The van der Waals surface area contributed by atoms with E-state index in [4.69, 9.17) is 14.5 Å². The number of aliphatic carboxylic acids is 1. The van der Waals surface area contributed by atoms with Gasteiger partial charge in [0.2, 0.25) is 6.29 Å². The summed E-state index contributed by atoms with van der Waals surface area (Å²) in [5.41, 5.74) is 4.13. The molecule has 176 valence electrons. The number of carbonyl (C=O) groups is 1. The number of carboxylic acid groups (broad SMARTS) is 1. The molecule has 0 spiro atoms. The fraction of sp³-hybridized carbons (Fsp3) is 0.409. The molecule has 11 heteroatoms. The molecule has 1 aliphatic heterocycles. The second-order valence-electron chi connectivity index (χ2n) is 7.90. The van der Waals surface area contributed by atoms with E-state index in [-0.39, 0.29) is 0 Å². The third-order valence-electron chi connectivity index (χ3n) is 5.75. The van der Waals surface area contributed by atoms with Crippen molar-refractivity contribution in [2.24, 2.45) is 0 Å². The molecule has 3 heterocycles. The van der Waals surface area contributed by atoms with Crippen LogP contribution in [-0.4, -0.2) is 74.1 Å². The van der Waals surface area contributed by atoms with E-state index in [1.54, 1.807) is 19.4 Å². The van der Waals surface area contributed by atoms with E-state index >= 15 is 0 Å². The van der Waals surface area contributed by atoms with Gasteiger partial charge in [-0.25, -0.2) is 9.78 Å². The molecule has 1 fully saturated rings. The quantitative estimate of drug-likeness (QED) is 0.351. The highest BCUT2D eigenvalue weighted by Crippen LogP contribution is 2.41. The standard InChI is InChI=1S/C22H25N3O7S/c1-9-12(7-11-5-4-6-24-8-11)13-19(33-22(23-3)25-13)10(2)17(9)31-21-16(28)14(26)15(27)18(32-21)20(29)30/h4-6,8,14-16,18,21,26-28H,7H2,1-3H3,(H,23,25)(H,29,30)/t14-,15-,16+,18-,21?/m0/s1. The lowest BCUT2D eigenvalue weighted by Crippen LogP contribution is -2.61. The number of nitrogens with one attached hydrogen (secondary N) is 1. The highest BCUT2D eigenvalue weighted by molar-refractivity contribution is 7.22. The number of benzene rings is 1. The Morgan fingerprint density at radius 1 is 1.21 bits per heavy atom. The molecular formula is C22H25N3O7S. The molecule has 0 bridgehead atoms. The number of fused-ring (bicyclic) bond motifs is 1. The van der Waals surface area contributed by atoms with Crippen molar-refractivity contribution < 1.29 is 34.7 Å². The number of anilines is 1. The second-order valence-corrected chi connectivity index (χ2v) is 8.89. The molecule has 1 saturated heterocycles. The maximum absolute atomic E-state index is 11.5. The van der Waals surface area contributed by atoms with Gasteiger partial charge < -0.3 is 35.2 Å². The van der Waals surface area contributed by atoms with E-state index < -0.39 is 36.7 Å². The molecule has 0 amide bonds. The van der Waals surface area contributed by atoms with Crippen LogP contribution < -0.4 is 10.1 Å². The van der Waals surface area contributed by atoms with Crippen LogP contribution in [0, 0.1) is 13.8 Å². The lowest BCUT2D eigenvalue weighted by molar-refractivity contribution is -0.271. The first-order valence-corrected chi connectivity index (χ1v) is 11.1. The molecule has 1 aromatic carbocycles. The number of rotatable bonds is 6. The molecule has 1 unspecified atom stereocenters. The molecule has 33 heavy (non-hydrogen) atoms. The van der Waals surface area contributed by atoms with Crippen LogP contribution in [0.3, 0.4) is 0 Å². The lowest BCUT2D eigenvalue weighted by atomic mass is 9.96. The van der Waals surface area contributed by atoms with Crippen LogP contribution in [0.4, 0.5) is 5.13 Å². The first-order chi connectivity index (χ1) is 15.7. The third kappa shape index (κ3) is 4.25. The normalized spacial score (nSPS) is 25.2. The van der Waals surface area contributed by atoms with Crippen molar-refractivity contribution in [2.45, 2.75) is 51.0 Å². The first-order valence-electron chi connectivity index (χ1n) is 10.3. The minimum atomic E-state index is -1.79. The van der Waals surface area contributed by atoms with E-state index in [1.807, 2.05) is 26.0 Å². The number of aromatic nitrogens is 2. The summed E-state index contributed by atoms with van der Waals surface area (Å²) in [4.78, 5) is 20.3. The van der Waals surface area contributed by atoms with E-state index in [2.05, 4.69) is 10.3 Å². The number of hydrogen-bond acceptors (Lipinski definition) is 10. The number of aryl methyl sites for hydroxylation is 1. The summed E-state index contributed by atoms with van der Waals surface area (Å²) in [5, 5.41) is 43.7. The summed E-state index contributed by atoms with van der Waals surface area (Å²) in [6.07, 6.45) is -4.45. The molecule has 0 saturated carbocycles. The fourth-order valence-corrected chi connectivity index (χ4v) is 4.89. The molecule has 3 aromatic rings. The van der Waals surface area contributed by atoms with Crippen LogP contribution >= 0.6 is 11.3 Å². The highest BCUT2D eigenvalue weighted by atomic mass is 32.1. The van der Waals surface area contributed by atoms with E-state index in [0.717, 1.165) is 37.6 Å². The lowest BCUT2D eigenvalue weighted by Gasteiger charge is -2.39. The number of aliphatic hydroxyl groups is 3. The molecule has 10 nitrogen and oxygen atoms in total. The van der Waals surface area contributed by atoms with Crippen LogP contribution in [-0.2, 0) is 16.0 Å². The summed E-state index contributed by atoms with van der Waals surface area (Å²) in [6, 6.07) is 3.80. The maximum atomic E-state index is 11.5. The topological polar surface area (TPSA) is 154 Å². The average molecular weight is 476 g/mol. The number of nitrogens with zero attached hydrogens (tertiary/aromatic N) is 2. The van der Waals surface area contributed by atoms with Crippen molar-refractivity contribution in [3.05, 3.63) is 46.8 Å². The monoisotopic (exact) mass is 475 g/mol. The maximum Gasteiger partial charge on any atom is 0.335 e. The Bertz CT molecular complexity index is 1170. The van der Waals surface area contributed by atoms with Crippen molar-refractivity contribution >= 4 is 32.7 Å². The zero-order valence-corrected chi connectivity index (χ0v) is 19.0. The number of pyridine rings is 1. The van der Waals surface area contributed by atoms with Crippen molar-refractivity contribution in [3.8, 4) is 5.75 Å². The van der Waals surface area contributed by atoms with Crippen molar-refractivity contribution in [1.29, 1.82) is 0 Å². The summed E-state index contributed by atoms with van der Waals surface area (Å²) in [5.74, 6) is -1.08. The number of aliphatic hydroxyl groups excluding tert-OH is 3. The molecule has 0 aliphatic carbocycles. The van der Waals surface area contributed by atoms with Crippen LogP contribution in [0.25, 0.3) is 10.2 Å². The second kappa shape index (κ2) is 9.20. The Labute approximate surface area is 193 Å². The van der Waals surface area contributed by atoms with Gasteiger partial charge in [0.05, 0.1) is 10.2 Å². The predicted octanol–water partition coefficient (Wildman–Crippen LogP) is 1.21. The van der Waals surface area contributed by atoms with E-state index in [0.29, 0.717) is 12.2 Å². The Morgan fingerprint density at radius 3 is 2.61 bits per heavy atom. The Hall–Kier alpha value is -2.83. The van der Waals surface area contributed by atoms with Gasteiger partial charge in [0.15, 0.2) is 11.2 Å². The van der Waals surface area contributed by atoms with Gasteiger partial charge in [0.1, 0.15) is 24.1 Å². The first kappa shape index (κ1) is 23.3. The van der Waals surface area contributed by atoms with E-state index in [9.17, 15) is 25.2 Å². The largest absolute Gasteiger partial charge is 0.479 e. The Kier molecular flexibility index (Phi) is 6.50. The number of carboxylic acids is 1. The SMILES string of the molecule is CNc1nc2c(Cc3cccnc3)c(C)c(OC3O[C@H](C(=O)O)[C@@H](O)[C@H](O)[C@H]3O)c(C)c2s1. The molecule has 1 aliphatic rings. The van der Waals surface area contributed by atoms with Crippen LogP contribution in [0.5, 0.6) is 5.75 Å². The Balaban J connectivity index is 1.79. The van der Waals surface area contributed by atoms with Crippen molar-refractivity contribution in [2.75, 3.05) is 12.4 Å².